The summed E-state index contributed by atoms with van der Waals surface area (Å²) in [6, 6.07) is 16.7. The quantitative estimate of drug-likeness (QED) is 0.669. The summed E-state index contributed by atoms with van der Waals surface area (Å²) in [5.41, 5.74) is 1.85. The van der Waals surface area contributed by atoms with E-state index in [4.69, 9.17) is 4.74 Å². The van der Waals surface area contributed by atoms with Gasteiger partial charge in [-0.25, -0.2) is 4.79 Å². The summed E-state index contributed by atoms with van der Waals surface area (Å²) in [6.07, 6.45) is -0.311. The number of carbonyl (C=O) groups excluding carboxylic acids is 3. The van der Waals surface area contributed by atoms with E-state index in [9.17, 15) is 14.4 Å². The van der Waals surface area contributed by atoms with Crippen LogP contribution >= 0.6 is 0 Å². The molecule has 2 aromatic carbocycles. The van der Waals surface area contributed by atoms with Crippen LogP contribution in [0.1, 0.15) is 31.9 Å². The molecule has 3 amide bonds. The number of alkyl carbamates (subject to hydrolysis) is 1. The summed E-state index contributed by atoms with van der Waals surface area (Å²) < 4.78 is 5.07. The Morgan fingerprint density at radius 1 is 0.828 bits per heavy atom. The first-order valence-corrected chi connectivity index (χ1v) is 9.37. The monoisotopic (exact) mass is 397 g/mol. The van der Waals surface area contributed by atoms with Gasteiger partial charge in [-0.05, 0) is 44.0 Å². The fraction of sp³-hybridized carbons (Fsp3) is 0.318. The molecule has 0 aliphatic carbocycles. The molecular formula is C22H27N3O4. The van der Waals surface area contributed by atoms with Gasteiger partial charge < -0.3 is 20.7 Å². The summed E-state index contributed by atoms with van der Waals surface area (Å²) in [7, 11) is 0. The summed E-state index contributed by atoms with van der Waals surface area (Å²) >= 11 is 0. The summed E-state index contributed by atoms with van der Waals surface area (Å²) in [5, 5.41) is 7.96. The Balaban J connectivity index is 1.73. The number of carbonyl (C=O) groups is 3. The average molecular weight is 397 g/mol. The first-order valence-electron chi connectivity index (χ1n) is 9.37. The summed E-state index contributed by atoms with van der Waals surface area (Å²) in [5.74, 6) is -0.415. The molecular weight excluding hydrogens is 370 g/mol. The highest BCUT2D eigenvalue weighted by Crippen LogP contribution is 2.10. The second kappa shape index (κ2) is 10.3. The number of hydrogen-bond donors (Lipinski definition) is 3. The largest absolute Gasteiger partial charge is 0.444 e. The molecule has 0 saturated carbocycles. The van der Waals surface area contributed by atoms with Gasteiger partial charge in [0.25, 0.3) is 0 Å². The van der Waals surface area contributed by atoms with Crippen molar-refractivity contribution in [2.24, 2.45) is 0 Å². The molecule has 2 aromatic rings. The van der Waals surface area contributed by atoms with Gasteiger partial charge in [-0.1, -0.05) is 42.5 Å². The topological polar surface area (TPSA) is 96.5 Å². The minimum absolute atomic E-state index is 0.0539. The number of benzene rings is 2. The summed E-state index contributed by atoms with van der Waals surface area (Å²) in [4.78, 5) is 35.5. The Morgan fingerprint density at radius 3 is 2.10 bits per heavy atom. The van der Waals surface area contributed by atoms with Crippen molar-refractivity contribution in [3.8, 4) is 0 Å². The van der Waals surface area contributed by atoms with E-state index in [0.29, 0.717) is 18.7 Å². The van der Waals surface area contributed by atoms with E-state index in [-0.39, 0.29) is 18.4 Å². The Hall–Kier alpha value is -3.35. The zero-order chi connectivity index (χ0) is 21.3. The predicted molar refractivity (Wildman–Crippen MR) is 111 cm³/mol. The molecule has 0 spiro atoms. The van der Waals surface area contributed by atoms with Crippen LogP contribution in [0.25, 0.3) is 0 Å². The molecule has 0 unspecified atom stereocenters. The molecule has 7 heteroatoms. The predicted octanol–water partition coefficient (Wildman–Crippen LogP) is 3.01. The van der Waals surface area contributed by atoms with E-state index in [0.717, 1.165) is 11.1 Å². The molecule has 0 atom stereocenters. The second-order valence-corrected chi connectivity index (χ2v) is 7.54. The lowest BCUT2D eigenvalue weighted by molar-refractivity contribution is -0.120. The van der Waals surface area contributed by atoms with Crippen LogP contribution in [0.2, 0.25) is 0 Å². The molecule has 0 saturated heterocycles. The lowest BCUT2D eigenvalue weighted by Gasteiger charge is -2.19. The third kappa shape index (κ3) is 8.92. The minimum Gasteiger partial charge on any atom is -0.444 e. The maximum absolute atomic E-state index is 12.0. The van der Waals surface area contributed by atoms with Crippen molar-refractivity contribution in [2.45, 2.75) is 39.3 Å². The van der Waals surface area contributed by atoms with Crippen LogP contribution in [0, 0.1) is 0 Å². The average Bonchev–Trinajstić information content (AvgIpc) is 2.65. The van der Waals surface area contributed by atoms with Gasteiger partial charge in [-0.15, -0.1) is 0 Å². The fourth-order valence-electron chi connectivity index (χ4n) is 2.42. The highest BCUT2D eigenvalue weighted by atomic mass is 16.6. The highest BCUT2D eigenvalue weighted by Gasteiger charge is 2.16. The van der Waals surface area contributed by atoms with Crippen molar-refractivity contribution in [1.29, 1.82) is 0 Å². The molecule has 154 valence electrons. The Morgan fingerprint density at radius 2 is 1.48 bits per heavy atom. The molecule has 7 nitrogen and oxygen atoms in total. The van der Waals surface area contributed by atoms with E-state index in [2.05, 4.69) is 16.0 Å². The Bertz CT molecular complexity index is 827. The van der Waals surface area contributed by atoms with E-state index < -0.39 is 11.7 Å². The molecule has 0 aliphatic rings. The molecule has 0 aromatic heterocycles. The maximum atomic E-state index is 12.0. The Kier molecular flexibility index (Phi) is 7.77. The molecule has 2 rings (SSSR count). The second-order valence-electron chi connectivity index (χ2n) is 7.54. The van der Waals surface area contributed by atoms with Gasteiger partial charge in [-0.2, -0.15) is 0 Å². The third-order valence-electron chi connectivity index (χ3n) is 3.73. The normalized spacial score (nSPS) is 10.7. The molecule has 3 N–H and O–H groups in total. The maximum Gasteiger partial charge on any atom is 0.408 e. The number of ether oxygens (including phenoxy) is 1. The zero-order valence-electron chi connectivity index (χ0n) is 17.0. The first-order chi connectivity index (χ1) is 13.7. The third-order valence-corrected chi connectivity index (χ3v) is 3.73. The SMILES string of the molecule is CC(C)(C)OC(=O)NCC(=O)Nc1ccc(CNC(=O)Cc2ccccc2)cc1. The van der Waals surface area contributed by atoms with Gasteiger partial charge in [0.2, 0.25) is 11.8 Å². The molecule has 29 heavy (non-hydrogen) atoms. The first kappa shape index (κ1) is 21.9. The number of rotatable bonds is 7. The van der Waals surface area contributed by atoms with E-state index >= 15 is 0 Å². The van der Waals surface area contributed by atoms with Gasteiger partial charge in [0.15, 0.2) is 0 Å². The smallest absolute Gasteiger partial charge is 0.408 e. The van der Waals surface area contributed by atoms with Gasteiger partial charge in [0.1, 0.15) is 12.1 Å². The molecule has 0 radical (unpaired) electrons. The van der Waals surface area contributed by atoms with Crippen molar-refractivity contribution in [1.82, 2.24) is 10.6 Å². The van der Waals surface area contributed by atoms with Gasteiger partial charge in [0.05, 0.1) is 6.42 Å². The van der Waals surface area contributed by atoms with Crippen LogP contribution < -0.4 is 16.0 Å². The molecule has 0 fully saturated rings. The van der Waals surface area contributed by atoms with Crippen LogP contribution in [-0.2, 0) is 27.3 Å². The number of nitrogens with one attached hydrogen (secondary N) is 3. The van der Waals surface area contributed by atoms with E-state index in [1.54, 1.807) is 32.9 Å². The van der Waals surface area contributed by atoms with Crippen LogP contribution in [0.4, 0.5) is 10.5 Å². The number of anilines is 1. The Labute approximate surface area is 170 Å². The van der Waals surface area contributed by atoms with Crippen molar-refractivity contribution >= 4 is 23.6 Å². The number of hydrogen-bond acceptors (Lipinski definition) is 4. The fourth-order valence-corrected chi connectivity index (χ4v) is 2.42. The standard InChI is InChI=1S/C22H27N3O4/c1-22(2,3)29-21(28)24-15-20(27)25-18-11-9-17(10-12-18)14-23-19(26)13-16-7-5-4-6-8-16/h4-12H,13-15H2,1-3H3,(H,23,26)(H,24,28)(H,25,27). The zero-order valence-corrected chi connectivity index (χ0v) is 17.0. The molecule has 0 aliphatic heterocycles. The summed E-state index contributed by atoms with van der Waals surface area (Å²) in [6.45, 7) is 5.46. The van der Waals surface area contributed by atoms with Crippen molar-refractivity contribution in [3.05, 3.63) is 65.7 Å². The van der Waals surface area contributed by atoms with Gasteiger partial charge in [0, 0.05) is 12.2 Å². The van der Waals surface area contributed by atoms with Crippen molar-refractivity contribution in [2.75, 3.05) is 11.9 Å². The van der Waals surface area contributed by atoms with Crippen LogP contribution in [0.15, 0.2) is 54.6 Å². The van der Waals surface area contributed by atoms with Crippen molar-refractivity contribution in [3.63, 3.8) is 0 Å². The van der Waals surface area contributed by atoms with Gasteiger partial charge >= 0.3 is 6.09 Å². The van der Waals surface area contributed by atoms with E-state index in [1.807, 2.05) is 42.5 Å². The van der Waals surface area contributed by atoms with Crippen LogP contribution in [0.5, 0.6) is 0 Å². The molecule has 0 bridgehead atoms. The van der Waals surface area contributed by atoms with E-state index in [1.165, 1.54) is 0 Å². The van der Waals surface area contributed by atoms with Crippen LogP contribution in [0.3, 0.4) is 0 Å². The van der Waals surface area contributed by atoms with Crippen LogP contribution in [-0.4, -0.2) is 30.1 Å². The minimum atomic E-state index is -0.644. The lowest BCUT2D eigenvalue weighted by atomic mass is 10.1. The highest BCUT2D eigenvalue weighted by molar-refractivity contribution is 5.93. The number of amides is 3. The lowest BCUT2D eigenvalue weighted by Crippen LogP contribution is -2.37. The van der Waals surface area contributed by atoms with Crippen molar-refractivity contribution < 1.29 is 19.1 Å². The molecule has 0 heterocycles. The van der Waals surface area contributed by atoms with Gasteiger partial charge in [-0.3, -0.25) is 9.59 Å².